The molecule has 106 valence electrons. The third kappa shape index (κ3) is 2.95. The van der Waals surface area contributed by atoms with Crippen molar-refractivity contribution in [1.29, 1.82) is 0 Å². The molecule has 6 heteroatoms. The maximum atomic E-state index is 13.5. The van der Waals surface area contributed by atoms with Crippen LogP contribution in [0.1, 0.15) is 5.56 Å². The molecule has 0 aliphatic carbocycles. The number of anilines is 1. The van der Waals surface area contributed by atoms with E-state index < -0.39 is 0 Å². The lowest BCUT2D eigenvalue weighted by atomic mass is 10.2. The first-order chi connectivity index (χ1) is 10.1. The van der Waals surface area contributed by atoms with E-state index in [9.17, 15) is 4.39 Å². The molecule has 4 nitrogen and oxygen atoms in total. The summed E-state index contributed by atoms with van der Waals surface area (Å²) in [5.74, 6) is 0.304. The van der Waals surface area contributed by atoms with Gasteiger partial charge in [-0.3, -0.25) is 0 Å². The van der Waals surface area contributed by atoms with Crippen molar-refractivity contribution in [3.05, 3.63) is 64.6 Å². The van der Waals surface area contributed by atoms with Gasteiger partial charge in [0.2, 0.25) is 0 Å². The topological polar surface area (TPSA) is 56.7 Å². The minimum Gasteiger partial charge on any atom is -0.399 e. The van der Waals surface area contributed by atoms with Gasteiger partial charge in [0.1, 0.15) is 12.1 Å². The van der Waals surface area contributed by atoms with Gasteiger partial charge in [-0.25, -0.2) is 14.1 Å². The second kappa shape index (κ2) is 5.65. The second-order valence-corrected chi connectivity index (χ2v) is 5.40. The molecule has 0 fully saturated rings. The van der Waals surface area contributed by atoms with Crippen molar-refractivity contribution in [1.82, 2.24) is 14.8 Å². The summed E-state index contributed by atoms with van der Waals surface area (Å²) in [4.78, 5) is 4.26. The quantitative estimate of drug-likeness (QED) is 0.738. The van der Waals surface area contributed by atoms with Crippen molar-refractivity contribution in [3.8, 4) is 11.4 Å². The van der Waals surface area contributed by atoms with Crippen molar-refractivity contribution in [2.75, 3.05) is 5.73 Å². The SMILES string of the molecule is Nc1cccc(-c2ncn(Cc3cccc(F)c3Br)n2)c1. The van der Waals surface area contributed by atoms with Crippen LogP contribution in [0.4, 0.5) is 10.1 Å². The summed E-state index contributed by atoms with van der Waals surface area (Å²) < 4.78 is 15.6. The maximum Gasteiger partial charge on any atom is 0.181 e. The second-order valence-electron chi connectivity index (χ2n) is 4.60. The minimum absolute atomic E-state index is 0.288. The number of benzene rings is 2. The molecule has 3 rings (SSSR count). The fourth-order valence-electron chi connectivity index (χ4n) is 2.03. The third-order valence-corrected chi connectivity index (χ3v) is 3.93. The van der Waals surface area contributed by atoms with Crippen LogP contribution in [0.25, 0.3) is 11.4 Å². The molecule has 0 saturated heterocycles. The molecule has 0 amide bonds. The first-order valence-electron chi connectivity index (χ1n) is 6.32. The Morgan fingerprint density at radius 2 is 2.00 bits per heavy atom. The lowest BCUT2D eigenvalue weighted by Gasteiger charge is -2.04. The molecule has 0 spiro atoms. The Morgan fingerprint density at radius 3 is 2.81 bits per heavy atom. The van der Waals surface area contributed by atoms with E-state index in [0.717, 1.165) is 11.1 Å². The largest absolute Gasteiger partial charge is 0.399 e. The molecule has 21 heavy (non-hydrogen) atoms. The van der Waals surface area contributed by atoms with Gasteiger partial charge in [0.15, 0.2) is 5.82 Å². The first-order valence-corrected chi connectivity index (χ1v) is 7.11. The van der Waals surface area contributed by atoms with Crippen molar-refractivity contribution in [3.63, 3.8) is 0 Å². The van der Waals surface area contributed by atoms with Gasteiger partial charge >= 0.3 is 0 Å². The summed E-state index contributed by atoms with van der Waals surface area (Å²) in [6, 6.07) is 12.3. The summed E-state index contributed by atoms with van der Waals surface area (Å²) in [5.41, 5.74) is 8.07. The fourth-order valence-corrected chi connectivity index (χ4v) is 2.42. The van der Waals surface area contributed by atoms with Crippen molar-refractivity contribution in [2.45, 2.75) is 6.54 Å². The van der Waals surface area contributed by atoms with E-state index in [1.165, 1.54) is 6.07 Å². The third-order valence-electron chi connectivity index (χ3n) is 3.05. The van der Waals surface area contributed by atoms with Gasteiger partial charge in [0.05, 0.1) is 11.0 Å². The fraction of sp³-hybridized carbons (Fsp3) is 0.0667. The number of nitrogen functional groups attached to an aromatic ring is 1. The molecule has 0 saturated carbocycles. The molecule has 1 aromatic heterocycles. The van der Waals surface area contributed by atoms with Gasteiger partial charge in [-0.1, -0.05) is 24.3 Å². The smallest absolute Gasteiger partial charge is 0.181 e. The number of hydrogen-bond donors (Lipinski definition) is 1. The van der Waals surface area contributed by atoms with Crippen LogP contribution < -0.4 is 5.73 Å². The molecule has 0 radical (unpaired) electrons. The highest BCUT2D eigenvalue weighted by Crippen LogP contribution is 2.22. The molecule has 2 N–H and O–H groups in total. The number of hydrogen-bond acceptors (Lipinski definition) is 3. The van der Waals surface area contributed by atoms with Gasteiger partial charge in [-0.05, 0) is 39.7 Å². The molecule has 0 bridgehead atoms. The van der Waals surface area contributed by atoms with Gasteiger partial charge < -0.3 is 5.73 Å². The zero-order valence-corrected chi connectivity index (χ0v) is 12.6. The summed E-state index contributed by atoms with van der Waals surface area (Å²) in [6.07, 6.45) is 1.62. The Bertz CT molecular complexity index is 785. The van der Waals surface area contributed by atoms with Crippen LogP contribution in [0, 0.1) is 5.82 Å². The number of nitrogens with zero attached hydrogens (tertiary/aromatic N) is 3. The lowest BCUT2D eigenvalue weighted by molar-refractivity contribution is 0.611. The van der Waals surface area contributed by atoms with Gasteiger partial charge in [0, 0.05) is 11.3 Å². The van der Waals surface area contributed by atoms with Crippen molar-refractivity contribution < 1.29 is 4.39 Å². The highest BCUT2D eigenvalue weighted by molar-refractivity contribution is 9.10. The molecule has 0 atom stereocenters. The Morgan fingerprint density at radius 1 is 1.19 bits per heavy atom. The Balaban J connectivity index is 1.87. The summed E-state index contributed by atoms with van der Waals surface area (Å²) in [6.45, 7) is 0.438. The average Bonchev–Trinajstić information content (AvgIpc) is 2.93. The van der Waals surface area contributed by atoms with Crippen LogP contribution in [-0.4, -0.2) is 14.8 Å². The van der Waals surface area contributed by atoms with Crippen LogP contribution in [0.5, 0.6) is 0 Å². The molecule has 0 aliphatic rings. The Kier molecular flexibility index (Phi) is 3.70. The molecular weight excluding hydrogens is 335 g/mol. The van der Waals surface area contributed by atoms with Crippen LogP contribution in [-0.2, 0) is 6.54 Å². The molecule has 0 aliphatic heterocycles. The van der Waals surface area contributed by atoms with Crippen molar-refractivity contribution in [2.24, 2.45) is 0 Å². The van der Waals surface area contributed by atoms with Gasteiger partial charge in [-0.2, -0.15) is 5.10 Å². The lowest BCUT2D eigenvalue weighted by Crippen LogP contribution is -2.02. The average molecular weight is 347 g/mol. The predicted octanol–water partition coefficient (Wildman–Crippen LogP) is 3.48. The highest BCUT2D eigenvalue weighted by Gasteiger charge is 2.08. The normalized spacial score (nSPS) is 10.8. The zero-order chi connectivity index (χ0) is 14.8. The molecule has 1 heterocycles. The summed E-state index contributed by atoms with van der Waals surface area (Å²) in [7, 11) is 0. The standard InChI is InChI=1S/C15H12BrFN4/c16-14-11(4-2-6-13(14)17)8-21-9-19-15(20-21)10-3-1-5-12(18)7-10/h1-7,9H,8,18H2. The van der Waals surface area contributed by atoms with Gasteiger partial charge in [-0.15, -0.1) is 0 Å². The van der Waals surface area contributed by atoms with E-state index in [2.05, 4.69) is 26.0 Å². The van der Waals surface area contributed by atoms with Gasteiger partial charge in [0.25, 0.3) is 0 Å². The van der Waals surface area contributed by atoms with E-state index in [1.807, 2.05) is 30.3 Å². The van der Waals surface area contributed by atoms with Crippen LogP contribution in [0.15, 0.2) is 53.3 Å². The Labute approximate surface area is 129 Å². The van der Waals surface area contributed by atoms with Crippen LogP contribution in [0.2, 0.25) is 0 Å². The van der Waals surface area contributed by atoms with E-state index >= 15 is 0 Å². The molecule has 2 aromatic carbocycles. The molecule has 3 aromatic rings. The first kappa shape index (κ1) is 13.8. The van der Waals surface area contributed by atoms with E-state index in [-0.39, 0.29) is 5.82 Å². The number of rotatable bonds is 3. The minimum atomic E-state index is -0.288. The molecule has 0 unspecified atom stereocenters. The predicted molar refractivity (Wildman–Crippen MR) is 83.1 cm³/mol. The Hall–Kier alpha value is -2.21. The molecular formula is C15H12BrFN4. The van der Waals surface area contributed by atoms with Crippen LogP contribution >= 0.6 is 15.9 Å². The summed E-state index contributed by atoms with van der Waals surface area (Å²) >= 11 is 3.25. The summed E-state index contributed by atoms with van der Waals surface area (Å²) in [5, 5.41) is 4.39. The maximum absolute atomic E-state index is 13.5. The van der Waals surface area contributed by atoms with Crippen molar-refractivity contribution >= 4 is 21.6 Å². The van der Waals surface area contributed by atoms with E-state index in [0.29, 0.717) is 22.5 Å². The highest BCUT2D eigenvalue weighted by atomic mass is 79.9. The number of halogens is 2. The number of nitrogens with two attached hydrogens (primary N) is 1. The number of aromatic nitrogens is 3. The van der Waals surface area contributed by atoms with E-state index in [4.69, 9.17) is 5.73 Å². The van der Waals surface area contributed by atoms with Crippen LogP contribution in [0.3, 0.4) is 0 Å². The monoisotopic (exact) mass is 346 g/mol. The van der Waals surface area contributed by atoms with E-state index in [1.54, 1.807) is 17.1 Å². The zero-order valence-electron chi connectivity index (χ0n) is 11.0.